The van der Waals surface area contributed by atoms with Gasteiger partial charge in [0.1, 0.15) is 40.5 Å². The average Bonchev–Trinajstić information content (AvgIpc) is 3.76. The van der Waals surface area contributed by atoms with Gasteiger partial charge in [0.15, 0.2) is 0 Å². The normalized spacial score (nSPS) is 14.4. The number of aryl methyl sites for hydroxylation is 1. The second-order valence-corrected chi connectivity index (χ2v) is 14.7. The summed E-state index contributed by atoms with van der Waals surface area (Å²) in [6.07, 6.45) is 2.41. The molecule has 0 radical (unpaired) electrons. The molecule has 332 valence electrons. The number of carbonyl (C=O) groups excluding carboxylic acids is 4. The van der Waals surface area contributed by atoms with E-state index in [0.29, 0.717) is 43.2 Å². The highest BCUT2D eigenvalue weighted by atomic mass is 16.5. The highest BCUT2D eigenvalue weighted by Gasteiger charge is 2.37. The number of aromatic hydroxyl groups is 1. The standard InChI is InChI=1S/C20H28N2O5.C19H16O4.C9H8O4/c1-3-27-20(26)16(12-11-15-8-5-4-6-9-15)21-14(2)18(23)22-13-7-10-17(22)19(24)25;1-12(20)11-15(13-7-3-2-4-8-13)17-18(21)14-9-5-6-10-16(14)23-19(17)22;1-6(10)13-8-5-3-2-4-7(8)9(11)12/h4-6,8-9,14,16-17,21H,3,7,10-13H2,1-2H3,(H,24,25);2-10,15,21H,11H2,1H3;2-5H,1H3,(H,11,12)/t14-,16-,17-;;/m0../s1. The number of ketones is 1. The van der Waals surface area contributed by atoms with E-state index < -0.39 is 53.5 Å². The summed E-state index contributed by atoms with van der Waals surface area (Å²) in [5.41, 5.74) is 1.71. The lowest BCUT2D eigenvalue weighted by Crippen LogP contribution is -2.53. The largest absolute Gasteiger partial charge is 0.507 e. The topological polar surface area (TPSA) is 227 Å². The third kappa shape index (κ3) is 13.9. The van der Waals surface area contributed by atoms with Crippen molar-refractivity contribution >= 4 is 46.5 Å². The van der Waals surface area contributed by atoms with E-state index in [2.05, 4.69) is 10.1 Å². The number of hydrogen-bond acceptors (Lipinski definition) is 12. The summed E-state index contributed by atoms with van der Waals surface area (Å²) in [7, 11) is 0. The highest BCUT2D eigenvalue weighted by Crippen LogP contribution is 2.36. The van der Waals surface area contributed by atoms with Crippen LogP contribution >= 0.6 is 0 Å². The zero-order valence-electron chi connectivity index (χ0n) is 35.5. The third-order valence-corrected chi connectivity index (χ3v) is 10.0. The van der Waals surface area contributed by atoms with Gasteiger partial charge in [-0.15, -0.1) is 0 Å². The minimum Gasteiger partial charge on any atom is -0.507 e. The number of carboxylic acid groups (broad SMARTS) is 2. The summed E-state index contributed by atoms with van der Waals surface area (Å²) >= 11 is 0. The van der Waals surface area contributed by atoms with Gasteiger partial charge >= 0.3 is 29.5 Å². The zero-order chi connectivity index (χ0) is 46.1. The Morgan fingerprint density at radius 1 is 0.857 bits per heavy atom. The first kappa shape index (κ1) is 48.5. The fourth-order valence-corrected chi connectivity index (χ4v) is 7.08. The van der Waals surface area contributed by atoms with Crippen molar-refractivity contribution in [2.45, 2.75) is 83.8 Å². The quantitative estimate of drug-likeness (QED) is 0.0499. The Bertz CT molecular complexity index is 2420. The van der Waals surface area contributed by atoms with Crippen molar-refractivity contribution in [3.05, 3.63) is 142 Å². The molecule has 0 bridgehead atoms. The van der Waals surface area contributed by atoms with E-state index in [1.165, 1.54) is 30.9 Å². The summed E-state index contributed by atoms with van der Waals surface area (Å²) in [5.74, 6) is -3.97. The van der Waals surface area contributed by atoms with Crippen molar-refractivity contribution in [3.8, 4) is 11.5 Å². The fourth-order valence-electron chi connectivity index (χ4n) is 7.08. The smallest absolute Gasteiger partial charge is 0.343 e. The van der Waals surface area contributed by atoms with E-state index in [-0.39, 0.29) is 47.3 Å². The molecule has 1 aliphatic heterocycles. The predicted octanol–water partition coefficient (Wildman–Crippen LogP) is 6.52. The number of esters is 2. The molecule has 15 heteroatoms. The van der Waals surface area contributed by atoms with E-state index >= 15 is 0 Å². The molecule has 4 aromatic carbocycles. The van der Waals surface area contributed by atoms with Gasteiger partial charge in [0.05, 0.1) is 23.6 Å². The number of carbonyl (C=O) groups is 6. The minimum atomic E-state index is -1.11. The van der Waals surface area contributed by atoms with Gasteiger partial charge in [-0.25, -0.2) is 14.4 Å². The lowest BCUT2D eigenvalue weighted by atomic mass is 9.87. The Kier molecular flexibility index (Phi) is 18.3. The molecule has 0 spiro atoms. The van der Waals surface area contributed by atoms with E-state index in [1.807, 2.05) is 60.7 Å². The van der Waals surface area contributed by atoms with Gasteiger partial charge in [-0.1, -0.05) is 84.9 Å². The van der Waals surface area contributed by atoms with E-state index in [1.54, 1.807) is 50.2 Å². The Balaban J connectivity index is 0.000000219. The molecule has 15 nitrogen and oxygen atoms in total. The van der Waals surface area contributed by atoms with Crippen LogP contribution in [0, 0.1) is 0 Å². The number of ether oxygens (including phenoxy) is 2. The first-order chi connectivity index (χ1) is 30.1. The van der Waals surface area contributed by atoms with Gasteiger partial charge in [-0.2, -0.15) is 0 Å². The Morgan fingerprint density at radius 3 is 2.10 bits per heavy atom. The Hall–Kier alpha value is -7.13. The first-order valence-corrected chi connectivity index (χ1v) is 20.4. The van der Waals surface area contributed by atoms with Crippen molar-refractivity contribution in [1.82, 2.24) is 10.2 Å². The molecule has 4 atom stereocenters. The average molecular weight is 865 g/mol. The lowest BCUT2D eigenvalue weighted by Gasteiger charge is -2.27. The number of rotatable bonds is 15. The molecule has 5 aromatic rings. The second-order valence-electron chi connectivity index (χ2n) is 14.7. The van der Waals surface area contributed by atoms with Crippen molar-refractivity contribution in [2.75, 3.05) is 13.2 Å². The van der Waals surface area contributed by atoms with E-state index in [4.69, 9.17) is 14.3 Å². The van der Waals surface area contributed by atoms with Gasteiger partial charge in [0, 0.05) is 25.8 Å². The van der Waals surface area contributed by atoms with Gasteiger partial charge in [0.25, 0.3) is 0 Å². The van der Waals surface area contributed by atoms with Crippen molar-refractivity contribution in [3.63, 3.8) is 0 Å². The molecule has 1 amide bonds. The number of nitrogens with zero attached hydrogens (tertiary/aromatic N) is 1. The van der Waals surface area contributed by atoms with Crippen LogP contribution in [0.5, 0.6) is 11.5 Å². The monoisotopic (exact) mass is 864 g/mol. The van der Waals surface area contributed by atoms with Crippen LogP contribution in [0.2, 0.25) is 0 Å². The molecule has 0 aliphatic carbocycles. The molecule has 1 aromatic heterocycles. The number of carboxylic acids is 2. The second kappa shape index (κ2) is 23.8. The number of likely N-dealkylation sites (tertiary alicyclic amines) is 1. The number of aliphatic carboxylic acids is 1. The Morgan fingerprint density at radius 2 is 1.48 bits per heavy atom. The van der Waals surface area contributed by atoms with Crippen LogP contribution in [0.4, 0.5) is 0 Å². The molecule has 1 saturated heterocycles. The lowest BCUT2D eigenvalue weighted by molar-refractivity contribution is -0.150. The summed E-state index contributed by atoms with van der Waals surface area (Å²) in [6, 6.07) is 29.7. The van der Waals surface area contributed by atoms with Crippen LogP contribution in [0.3, 0.4) is 0 Å². The maximum atomic E-state index is 12.7. The number of amides is 1. The molecule has 4 N–H and O–H groups in total. The molecule has 1 fully saturated rings. The number of Topliss-reactive ketones (excluding diaryl/α,β-unsaturated/α-hetero) is 1. The van der Waals surface area contributed by atoms with Crippen LogP contribution < -0.4 is 15.7 Å². The molecular formula is C48H52N2O13. The van der Waals surface area contributed by atoms with Crippen molar-refractivity contribution < 1.29 is 58.0 Å². The maximum Gasteiger partial charge on any atom is 0.343 e. The number of aromatic carboxylic acids is 1. The summed E-state index contributed by atoms with van der Waals surface area (Å²) in [6.45, 7) is 6.78. The summed E-state index contributed by atoms with van der Waals surface area (Å²) in [5, 5.41) is 32.1. The van der Waals surface area contributed by atoms with Crippen LogP contribution in [-0.4, -0.2) is 87.1 Å². The predicted molar refractivity (Wildman–Crippen MR) is 233 cm³/mol. The SMILES string of the molecule is CC(=O)CC(c1ccccc1)c1c(O)c2ccccc2oc1=O.CC(=O)Oc1ccccc1C(=O)O.CCOC(=O)[C@H](CCc1ccccc1)N[C@@H](C)C(=O)N1CCC[C@H]1C(=O)O. The van der Waals surface area contributed by atoms with Gasteiger partial charge < -0.3 is 34.1 Å². The van der Waals surface area contributed by atoms with E-state index in [0.717, 1.165) is 11.1 Å². The van der Waals surface area contributed by atoms with Gasteiger partial charge in [-0.05, 0) is 81.8 Å². The summed E-state index contributed by atoms with van der Waals surface area (Å²) in [4.78, 5) is 83.0. The first-order valence-electron chi connectivity index (χ1n) is 20.4. The number of nitrogens with one attached hydrogen (secondary N) is 1. The highest BCUT2D eigenvalue weighted by molar-refractivity contribution is 5.92. The minimum absolute atomic E-state index is 0.0160. The van der Waals surface area contributed by atoms with Crippen LogP contribution in [0.1, 0.15) is 86.3 Å². The van der Waals surface area contributed by atoms with Crippen LogP contribution in [-0.2, 0) is 35.1 Å². The number of benzene rings is 4. The number of fused-ring (bicyclic) bond motifs is 1. The number of para-hydroxylation sites is 2. The van der Waals surface area contributed by atoms with Crippen molar-refractivity contribution in [1.29, 1.82) is 0 Å². The van der Waals surface area contributed by atoms with E-state index in [9.17, 15) is 43.8 Å². The van der Waals surface area contributed by atoms with Crippen LogP contribution in [0.25, 0.3) is 11.0 Å². The summed E-state index contributed by atoms with van der Waals surface area (Å²) < 4.78 is 15.2. The molecule has 1 aliphatic rings. The molecule has 63 heavy (non-hydrogen) atoms. The molecular weight excluding hydrogens is 813 g/mol. The maximum absolute atomic E-state index is 12.7. The van der Waals surface area contributed by atoms with Gasteiger partial charge in [-0.3, -0.25) is 24.5 Å². The van der Waals surface area contributed by atoms with Crippen molar-refractivity contribution in [2.24, 2.45) is 0 Å². The molecule has 2 heterocycles. The molecule has 1 unspecified atom stereocenters. The molecule has 6 rings (SSSR count). The van der Waals surface area contributed by atoms with Gasteiger partial charge in [0.2, 0.25) is 5.91 Å². The Labute approximate surface area is 364 Å². The zero-order valence-corrected chi connectivity index (χ0v) is 35.5. The number of hydrogen-bond donors (Lipinski definition) is 4. The van der Waals surface area contributed by atoms with Crippen LogP contribution in [0.15, 0.2) is 118 Å². The fraction of sp³-hybridized carbons (Fsp3) is 0.312. The third-order valence-electron chi connectivity index (χ3n) is 10.0. The molecule has 0 saturated carbocycles.